The molecule has 2 aliphatic carbocycles. The van der Waals surface area contributed by atoms with E-state index in [1.807, 2.05) is 0 Å². The predicted octanol–water partition coefficient (Wildman–Crippen LogP) is 0.430. The molecule has 3 aliphatic rings. The van der Waals surface area contributed by atoms with Crippen molar-refractivity contribution in [2.45, 2.75) is 49.7 Å². The summed E-state index contributed by atoms with van der Waals surface area (Å²) in [5.41, 5.74) is -0.635. The van der Waals surface area contributed by atoms with E-state index in [9.17, 15) is 9.90 Å². The number of carboxylic acid groups (broad SMARTS) is 1. The van der Waals surface area contributed by atoms with Crippen molar-refractivity contribution in [1.29, 1.82) is 0 Å². The van der Waals surface area contributed by atoms with Crippen molar-refractivity contribution in [3.63, 3.8) is 0 Å². The van der Waals surface area contributed by atoms with Crippen LogP contribution >= 0.6 is 0 Å². The first kappa shape index (κ1) is 9.60. The molecule has 0 aromatic carbocycles. The third-order valence-corrected chi connectivity index (χ3v) is 3.83. The van der Waals surface area contributed by atoms with E-state index in [0.717, 1.165) is 25.8 Å². The van der Waals surface area contributed by atoms with Gasteiger partial charge < -0.3 is 5.11 Å². The third kappa shape index (κ3) is 1.76. The van der Waals surface area contributed by atoms with Gasteiger partial charge in [-0.2, -0.15) is 0 Å². The summed E-state index contributed by atoms with van der Waals surface area (Å²) >= 11 is 0. The second kappa shape index (κ2) is 3.19. The van der Waals surface area contributed by atoms with E-state index in [4.69, 9.17) is 0 Å². The number of carboxylic acids is 1. The highest BCUT2D eigenvalue weighted by atomic mass is 16.4. The topological polar surface area (TPSA) is 52.6 Å². The number of carbonyl (C=O) groups is 1. The molecule has 3 fully saturated rings. The molecule has 0 bridgehead atoms. The number of nitrogens with one attached hydrogen (secondary N) is 1. The van der Waals surface area contributed by atoms with E-state index in [0.29, 0.717) is 18.6 Å². The van der Waals surface area contributed by atoms with Gasteiger partial charge in [-0.15, -0.1) is 0 Å². The number of nitrogens with zero attached hydrogens (tertiary/aromatic N) is 1. The summed E-state index contributed by atoms with van der Waals surface area (Å²) < 4.78 is 0. The van der Waals surface area contributed by atoms with Gasteiger partial charge in [0.2, 0.25) is 0 Å². The monoisotopic (exact) mass is 210 g/mol. The number of aliphatic carboxylic acids is 1. The summed E-state index contributed by atoms with van der Waals surface area (Å²) in [6.07, 6.45) is 5.60. The number of hydrogen-bond acceptors (Lipinski definition) is 3. The lowest BCUT2D eigenvalue weighted by molar-refractivity contribution is -0.144. The molecule has 0 aromatic heterocycles. The summed E-state index contributed by atoms with van der Waals surface area (Å²) in [6.45, 7) is 1.67. The van der Waals surface area contributed by atoms with Crippen molar-refractivity contribution in [2.24, 2.45) is 0 Å². The lowest BCUT2D eigenvalue weighted by Gasteiger charge is -2.26. The van der Waals surface area contributed by atoms with Crippen LogP contribution in [0.3, 0.4) is 0 Å². The largest absolute Gasteiger partial charge is 0.480 e. The molecule has 15 heavy (non-hydrogen) atoms. The molecule has 0 amide bonds. The average molecular weight is 210 g/mol. The van der Waals surface area contributed by atoms with Gasteiger partial charge in [-0.1, -0.05) is 0 Å². The SMILES string of the molecule is O=C(O)C1(NC2CC2)CCN(C2CC2)C1. The van der Waals surface area contributed by atoms with E-state index in [-0.39, 0.29) is 0 Å². The maximum atomic E-state index is 11.4. The minimum absolute atomic E-state index is 0.472. The number of likely N-dealkylation sites (tertiary alicyclic amines) is 1. The molecule has 1 unspecified atom stereocenters. The molecule has 2 N–H and O–H groups in total. The van der Waals surface area contributed by atoms with Crippen LogP contribution in [0, 0.1) is 0 Å². The molecule has 4 heteroatoms. The molecule has 1 saturated heterocycles. The molecule has 3 rings (SSSR count). The van der Waals surface area contributed by atoms with E-state index in [1.54, 1.807) is 0 Å². The van der Waals surface area contributed by atoms with Crippen molar-refractivity contribution in [1.82, 2.24) is 10.2 Å². The Morgan fingerprint density at radius 3 is 2.60 bits per heavy atom. The van der Waals surface area contributed by atoms with Crippen LogP contribution in [-0.2, 0) is 4.79 Å². The number of rotatable bonds is 4. The van der Waals surface area contributed by atoms with Crippen LogP contribution in [0.4, 0.5) is 0 Å². The highest BCUT2D eigenvalue weighted by Gasteiger charge is 2.50. The Balaban J connectivity index is 1.70. The van der Waals surface area contributed by atoms with Crippen LogP contribution in [0.2, 0.25) is 0 Å². The Morgan fingerprint density at radius 1 is 1.33 bits per heavy atom. The van der Waals surface area contributed by atoms with Crippen molar-refractivity contribution in [2.75, 3.05) is 13.1 Å². The number of hydrogen-bond donors (Lipinski definition) is 2. The fourth-order valence-corrected chi connectivity index (χ4v) is 2.56. The van der Waals surface area contributed by atoms with E-state index in [2.05, 4.69) is 10.2 Å². The maximum Gasteiger partial charge on any atom is 0.325 e. The Bertz CT molecular complexity index is 286. The first-order valence-electron chi connectivity index (χ1n) is 5.95. The third-order valence-electron chi connectivity index (χ3n) is 3.83. The van der Waals surface area contributed by atoms with Gasteiger partial charge in [0.1, 0.15) is 5.54 Å². The molecule has 1 heterocycles. The molecule has 1 atom stereocenters. The normalized spacial score (nSPS) is 37.1. The summed E-state index contributed by atoms with van der Waals surface area (Å²) in [4.78, 5) is 13.7. The van der Waals surface area contributed by atoms with Crippen LogP contribution < -0.4 is 5.32 Å². The second-order valence-electron chi connectivity index (χ2n) is 5.26. The fraction of sp³-hybridized carbons (Fsp3) is 0.909. The van der Waals surface area contributed by atoms with Crippen LogP contribution in [0.5, 0.6) is 0 Å². The molecular formula is C11H18N2O2. The van der Waals surface area contributed by atoms with Gasteiger partial charge in [0.15, 0.2) is 0 Å². The van der Waals surface area contributed by atoms with Crippen LogP contribution in [0.1, 0.15) is 32.1 Å². The van der Waals surface area contributed by atoms with Crippen LogP contribution in [-0.4, -0.2) is 46.7 Å². The zero-order chi connectivity index (χ0) is 10.5. The van der Waals surface area contributed by atoms with E-state index < -0.39 is 11.5 Å². The van der Waals surface area contributed by atoms with E-state index in [1.165, 1.54) is 12.8 Å². The fourth-order valence-electron chi connectivity index (χ4n) is 2.56. The first-order valence-corrected chi connectivity index (χ1v) is 5.95. The van der Waals surface area contributed by atoms with Gasteiger partial charge in [0.25, 0.3) is 0 Å². The maximum absolute atomic E-state index is 11.4. The highest BCUT2D eigenvalue weighted by Crippen LogP contribution is 2.35. The van der Waals surface area contributed by atoms with Gasteiger partial charge >= 0.3 is 5.97 Å². The minimum atomic E-state index is -0.655. The quantitative estimate of drug-likeness (QED) is 0.706. The zero-order valence-electron chi connectivity index (χ0n) is 8.91. The molecule has 0 radical (unpaired) electrons. The van der Waals surface area contributed by atoms with Crippen LogP contribution in [0.15, 0.2) is 0 Å². The van der Waals surface area contributed by atoms with Gasteiger partial charge in [-0.05, 0) is 32.1 Å². The smallest absolute Gasteiger partial charge is 0.325 e. The van der Waals surface area contributed by atoms with E-state index >= 15 is 0 Å². The molecule has 1 aliphatic heterocycles. The molecular weight excluding hydrogens is 192 g/mol. The van der Waals surface area contributed by atoms with Crippen molar-refractivity contribution in [3.05, 3.63) is 0 Å². The Labute approximate surface area is 89.6 Å². The molecule has 4 nitrogen and oxygen atoms in total. The zero-order valence-corrected chi connectivity index (χ0v) is 8.91. The summed E-state index contributed by atoms with van der Waals surface area (Å²) in [5.74, 6) is -0.655. The minimum Gasteiger partial charge on any atom is -0.480 e. The lowest BCUT2D eigenvalue weighted by Crippen LogP contribution is -2.55. The first-order chi connectivity index (χ1) is 7.20. The Morgan fingerprint density at radius 2 is 2.07 bits per heavy atom. The summed E-state index contributed by atoms with van der Waals surface area (Å²) in [6, 6.07) is 1.16. The van der Waals surface area contributed by atoms with Gasteiger partial charge in [0.05, 0.1) is 0 Å². The summed E-state index contributed by atoms with van der Waals surface area (Å²) in [7, 11) is 0. The van der Waals surface area contributed by atoms with Gasteiger partial charge in [-0.3, -0.25) is 15.0 Å². The van der Waals surface area contributed by atoms with Crippen molar-refractivity contribution in [3.8, 4) is 0 Å². The standard InChI is InChI=1S/C11H18N2O2/c14-10(15)11(12-8-1-2-8)5-6-13(7-11)9-3-4-9/h8-9,12H,1-7H2,(H,14,15). The van der Waals surface area contributed by atoms with Gasteiger partial charge in [0, 0.05) is 25.2 Å². The highest BCUT2D eigenvalue weighted by molar-refractivity contribution is 5.79. The second-order valence-corrected chi connectivity index (χ2v) is 5.26. The molecule has 0 spiro atoms. The van der Waals surface area contributed by atoms with Crippen molar-refractivity contribution >= 4 is 5.97 Å². The molecule has 0 aromatic rings. The Hall–Kier alpha value is -0.610. The molecule has 2 saturated carbocycles. The predicted molar refractivity (Wildman–Crippen MR) is 55.7 cm³/mol. The lowest BCUT2D eigenvalue weighted by atomic mass is 9.99. The Kier molecular flexibility index (Phi) is 2.04. The molecule has 84 valence electrons. The van der Waals surface area contributed by atoms with Crippen molar-refractivity contribution < 1.29 is 9.90 Å². The van der Waals surface area contributed by atoms with Crippen LogP contribution in [0.25, 0.3) is 0 Å². The average Bonchev–Trinajstić information content (AvgIpc) is 3.07. The summed E-state index contributed by atoms with van der Waals surface area (Å²) in [5, 5.41) is 12.7. The van der Waals surface area contributed by atoms with Gasteiger partial charge in [-0.25, -0.2) is 0 Å².